The van der Waals surface area contributed by atoms with Gasteiger partial charge < -0.3 is 18.8 Å². The summed E-state index contributed by atoms with van der Waals surface area (Å²) in [5.41, 5.74) is 0. The Kier molecular flexibility index (Phi) is 5.86. The first kappa shape index (κ1) is 17.1. The topological polar surface area (TPSA) is 92.6 Å². The number of rotatable bonds is 8. The first-order chi connectivity index (χ1) is 11.1. The summed E-state index contributed by atoms with van der Waals surface area (Å²) < 4.78 is 11.0. The third-order valence-electron chi connectivity index (χ3n) is 3.12. The Bertz CT molecular complexity index is 688. The second kappa shape index (κ2) is 7.87. The van der Waals surface area contributed by atoms with Crippen molar-refractivity contribution in [2.45, 2.75) is 32.4 Å². The van der Waals surface area contributed by atoms with E-state index in [9.17, 15) is 9.90 Å². The van der Waals surface area contributed by atoms with E-state index in [2.05, 4.69) is 10.2 Å². The fourth-order valence-electron chi connectivity index (χ4n) is 1.91. The van der Waals surface area contributed by atoms with Gasteiger partial charge >= 0.3 is 5.97 Å². The molecule has 1 N–H and O–H groups in total. The van der Waals surface area contributed by atoms with Crippen LogP contribution in [-0.2, 0) is 11.2 Å². The number of nitrogens with zero attached hydrogens (tertiary/aromatic N) is 3. The second-order valence-electron chi connectivity index (χ2n) is 4.58. The van der Waals surface area contributed by atoms with Crippen molar-refractivity contribution in [3.05, 3.63) is 28.7 Å². The Labute approximate surface area is 138 Å². The summed E-state index contributed by atoms with van der Waals surface area (Å²) in [5, 5.41) is 17.2. The zero-order valence-electron chi connectivity index (χ0n) is 13.3. The summed E-state index contributed by atoms with van der Waals surface area (Å²) in [6.07, 6.45) is 2.06. The molecule has 0 aliphatic carbocycles. The van der Waals surface area contributed by atoms with E-state index >= 15 is 0 Å². The van der Waals surface area contributed by atoms with Crippen LogP contribution in [0.3, 0.4) is 0 Å². The van der Waals surface area contributed by atoms with E-state index < -0.39 is 5.97 Å². The highest BCUT2D eigenvalue weighted by molar-refractivity contribution is 8.03. The van der Waals surface area contributed by atoms with Crippen LogP contribution in [0.5, 0.6) is 0 Å². The molecular formula is C15H19N3O4S. The number of carboxylic acids is 1. The number of thioether (sulfide) groups is 1. The van der Waals surface area contributed by atoms with E-state index in [1.54, 1.807) is 6.07 Å². The molecule has 0 aromatic carbocycles. The van der Waals surface area contributed by atoms with E-state index in [0.717, 1.165) is 24.9 Å². The SMILES string of the molecule is CCc1nnc(S/C(=C\c2ccc(N(CC)CC)o2)C(=O)O)o1. The van der Waals surface area contributed by atoms with E-state index in [-0.39, 0.29) is 10.1 Å². The highest BCUT2D eigenvalue weighted by atomic mass is 32.2. The zero-order chi connectivity index (χ0) is 16.8. The molecule has 0 saturated carbocycles. The minimum Gasteiger partial charge on any atom is -0.477 e. The Balaban J connectivity index is 2.20. The van der Waals surface area contributed by atoms with Crippen LogP contribution in [0.4, 0.5) is 5.88 Å². The van der Waals surface area contributed by atoms with Crippen LogP contribution < -0.4 is 4.90 Å². The van der Waals surface area contributed by atoms with E-state index in [0.29, 0.717) is 24.0 Å². The molecule has 0 fully saturated rings. The van der Waals surface area contributed by atoms with E-state index in [4.69, 9.17) is 8.83 Å². The normalized spacial score (nSPS) is 11.7. The summed E-state index contributed by atoms with van der Waals surface area (Å²) in [7, 11) is 0. The third kappa shape index (κ3) is 4.38. The van der Waals surface area contributed by atoms with Crippen LogP contribution in [0.1, 0.15) is 32.4 Å². The van der Waals surface area contributed by atoms with Crippen molar-refractivity contribution in [3.8, 4) is 0 Å². The number of aliphatic carboxylic acids is 1. The van der Waals surface area contributed by atoms with Crippen LogP contribution in [0.2, 0.25) is 0 Å². The number of aryl methyl sites for hydroxylation is 1. The average molecular weight is 337 g/mol. The number of anilines is 1. The molecule has 124 valence electrons. The summed E-state index contributed by atoms with van der Waals surface area (Å²) in [4.78, 5) is 13.5. The van der Waals surface area contributed by atoms with Crippen LogP contribution in [-0.4, -0.2) is 34.4 Å². The molecule has 0 bridgehead atoms. The van der Waals surface area contributed by atoms with Crippen molar-refractivity contribution in [1.82, 2.24) is 10.2 Å². The molecule has 7 nitrogen and oxygen atoms in total. The number of furan rings is 1. The molecule has 0 amide bonds. The zero-order valence-corrected chi connectivity index (χ0v) is 14.1. The summed E-state index contributed by atoms with van der Waals surface area (Å²) in [6.45, 7) is 7.57. The van der Waals surface area contributed by atoms with Crippen molar-refractivity contribution < 1.29 is 18.7 Å². The Morgan fingerprint density at radius 3 is 2.57 bits per heavy atom. The highest BCUT2D eigenvalue weighted by Crippen LogP contribution is 2.29. The van der Waals surface area contributed by atoms with Gasteiger partial charge in [0, 0.05) is 31.7 Å². The lowest BCUT2D eigenvalue weighted by molar-refractivity contribution is -0.131. The van der Waals surface area contributed by atoms with Gasteiger partial charge in [-0.15, -0.1) is 10.2 Å². The van der Waals surface area contributed by atoms with Crippen LogP contribution in [0.15, 0.2) is 31.1 Å². The fraction of sp³-hybridized carbons (Fsp3) is 0.400. The number of hydrogen-bond donors (Lipinski definition) is 1. The van der Waals surface area contributed by atoms with Crippen LogP contribution >= 0.6 is 11.8 Å². The number of carbonyl (C=O) groups is 1. The van der Waals surface area contributed by atoms with Gasteiger partial charge in [-0.05, 0) is 31.7 Å². The average Bonchev–Trinajstić information content (AvgIpc) is 3.17. The highest BCUT2D eigenvalue weighted by Gasteiger charge is 2.16. The molecule has 0 atom stereocenters. The number of hydrogen-bond acceptors (Lipinski definition) is 7. The molecule has 0 unspecified atom stereocenters. The molecule has 0 aliphatic heterocycles. The Morgan fingerprint density at radius 1 is 1.26 bits per heavy atom. The van der Waals surface area contributed by atoms with Crippen molar-refractivity contribution in [3.63, 3.8) is 0 Å². The molecule has 23 heavy (non-hydrogen) atoms. The lowest BCUT2D eigenvalue weighted by Gasteiger charge is -2.16. The molecule has 8 heteroatoms. The maximum absolute atomic E-state index is 11.4. The predicted molar refractivity (Wildman–Crippen MR) is 87.4 cm³/mol. The van der Waals surface area contributed by atoms with Gasteiger partial charge in [0.15, 0.2) is 5.88 Å². The first-order valence-corrected chi connectivity index (χ1v) is 8.19. The molecule has 2 aromatic heterocycles. The molecular weight excluding hydrogens is 318 g/mol. The van der Waals surface area contributed by atoms with E-state index in [1.807, 2.05) is 31.7 Å². The molecule has 0 aliphatic rings. The Hall–Kier alpha value is -2.22. The van der Waals surface area contributed by atoms with Crippen LogP contribution in [0.25, 0.3) is 6.08 Å². The molecule has 0 saturated heterocycles. The van der Waals surface area contributed by atoms with Gasteiger partial charge in [0.05, 0.1) is 0 Å². The van der Waals surface area contributed by atoms with Crippen molar-refractivity contribution in [2.24, 2.45) is 0 Å². The minimum atomic E-state index is -1.08. The maximum Gasteiger partial charge on any atom is 0.342 e. The van der Waals surface area contributed by atoms with Gasteiger partial charge in [-0.25, -0.2) is 4.79 Å². The van der Waals surface area contributed by atoms with Crippen LogP contribution in [0, 0.1) is 0 Å². The van der Waals surface area contributed by atoms with Gasteiger partial charge in [-0.2, -0.15) is 0 Å². The minimum absolute atomic E-state index is 0.0525. The maximum atomic E-state index is 11.4. The molecule has 2 aromatic rings. The molecule has 0 spiro atoms. The fourth-order valence-corrected chi connectivity index (χ4v) is 2.58. The van der Waals surface area contributed by atoms with Gasteiger partial charge in [0.1, 0.15) is 10.7 Å². The Morgan fingerprint density at radius 2 is 2.00 bits per heavy atom. The monoisotopic (exact) mass is 337 g/mol. The van der Waals surface area contributed by atoms with Gasteiger partial charge in [-0.3, -0.25) is 0 Å². The largest absolute Gasteiger partial charge is 0.477 e. The van der Waals surface area contributed by atoms with Gasteiger partial charge in [0.25, 0.3) is 5.22 Å². The van der Waals surface area contributed by atoms with E-state index in [1.165, 1.54) is 6.08 Å². The number of carboxylic acid groups (broad SMARTS) is 1. The first-order valence-electron chi connectivity index (χ1n) is 7.37. The number of aromatic nitrogens is 2. The molecule has 2 rings (SSSR count). The summed E-state index contributed by atoms with van der Waals surface area (Å²) in [5.74, 6) is 0.570. The van der Waals surface area contributed by atoms with Crippen molar-refractivity contribution >= 4 is 29.7 Å². The standard InChI is InChI=1S/C15H19N3O4S/c1-4-12-16-17-15(22-12)23-11(14(19)20)9-10-7-8-13(21-10)18(5-2)6-3/h7-9H,4-6H2,1-3H3,(H,19,20)/b11-9-. The van der Waals surface area contributed by atoms with Gasteiger partial charge in [0.2, 0.25) is 5.89 Å². The lowest BCUT2D eigenvalue weighted by Crippen LogP contribution is -2.20. The van der Waals surface area contributed by atoms with Crippen molar-refractivity contribution in [2.75, 3.05) is 18.0 Å². The third-order valence-corrected chi connectivity index (χ3v) is 3.97. The molecule has 2 heterocycles. The molecule has 0 radical (unpaired) electrons. The summed E-state index contributed by atoms with van der Waals surface area (Å²) >= 11 is 0.905. The lowest BCUT2D eigenvalue weighted by atomic mass is 10.4. The predicted octanol–water partition coefficient (Wildman–Crippen LogP) is 3.29. The summed E-state index contributed by atoms with van der Waals surface area (Å²) in [6, 6.07) is 3.56. The van der Waals surface area contributed by atoms with Gasteiger partial charge in [-0.1, -0.05) is 6.92 Å². The second-order valence-corrected chi connectivity index (χ2v) is 5.57. The van der Waals surface area contributed by atoms with Crippen molar-refractivity contribution in [1.29, 1.82) is 0 Å². The smallest absolute Gasteiger partial charge is 0.342 e. The quantitative estimate of drug-likeness (QED) is 0.579.